The Bertz CT molecular complexity index is 766. The number of methoxy groups -OCH3 is 1. The van der Waals surface area contributed by atoms with Gasteiger partial charge in [0.25, 0.3) is 0 Å². The van der Waals surface area contributed by atoms with Crippen LogP contribution >= 0.6 is 15.9 Å². The third kappa shape index (κ3) is 5.86. The molecule has 1 N–H and O–H groups in total. The summed E-state index contributed by atoms with van der Waals surface area (Å²) >= 11 is 3.40. The molecule has 1 amide bonds. The van der Waals surface area contributed by atoms with E-state index in [-0.39, 0.29) is 24.0 Å². The molecule has 132 valence electrons. The van der Waals surface area contributed by atoms with Gasteiger partial charge in [0.05, 0.1) is 7.11 Å². The molecule has 2 rings (SSSR count). The number of nitrogens with one attached hydrogen (secondary N) is 1. The Labute approximate surface area is 152 Å². The standard InChI is InChI=1S/C18H16BrF2NO3/c1-24-16-10-12(6-8-15(16)25-18(20)21)11-22-17(23)9-7-13-4-2-3-5-14(13)19/h2-10,18H,11H2,1H3,(H,22,23)/b9-7+. The van der Waals surface area contributed by atoms with E-state index in [1.807, 2.05) is 24.3 Å². The molecule has 7 heteroatoms. The number of halogens is 3. The minimum absolute atomic E-state index is 0.0543. The zero-order valence-corrected chi connectivity index (χ0v) is 14.9. The van der Waals surface area contributed by atoms with E-state index < -0.39 is 6.61 Å². The van der Waals surface area contributed by atoms with Crippen molar-refractivity contribution in [3.05, 3.63) is 64.1 Å². The number of carbonyl (C=O) groups excluding carboxylic acids is 1. The van der Waals surface area contributed by atoms with Gasteiger partial charge >= 0.3 is 6.61 Å². The van der Waals surface area contributed by atoms with Crippen LogP contribution in [0.25, 0.3) is 6.08 Å². The van der Waals surface area contributed by atoms with Gasteiger partial charge in [0.1, 0.15) is 0 Å². The Hall–Kier alpha value is -2.41. The maximum absolute atomic E-state index is 12.3. The fourth-order valence-electron chi connectivity index (χ4n) is 2.04. The molecule has 0 radical (unpaired) electrons. The van der Waals surface area contributed by atoms with Crippen LogP contribution in [-0.4, -0.2) is 19.6 Å². The lowest BCUT2D eigenvalue weighted by Gasteiger charge is -2.11. The van der Waals surface area contributed by atoms with Crippen LogP contribution in [0.5, 0.6) is 11.5 Å². The van der Waals surface area contributed by atoms with E-state index in [9.17, 15) is 13.6 Å². The minimum atomic E-state index is -2.93. The van der Waals surface area contributed by atoms with E-state index in [2.05, 4.69) is 26.0 Å². The summed E-state index contributed by atoms with van der Waals surface area (Å²) in [5.41, 5.74) is 1.58. The van der Waals surface area contributed by atoms with Crippen LogP contribution in [0.3, 0.4) is 0 Å². The van der Waals surface area contributed by atoms with Crippen molar-refractivity contribution in [2.75, 3.05) is 7.11 Å². The zero-order chi connectivity index (χ0) is 18.2. The number of rotatable bonds is 7. The molecular weight excluding hydrogens is 396 g/mol. The van der Waals surface area contributed by atoms with Crippen LogP contribution in [0.1, 0.15) is 11.1 Å². The Morgan fingerprint density at radius 2 is 2.00 bits per heavy atom. The summed E-state index contributed by atoms with van der Waals surface area (Å²) in [6, 6.07) is 12.0. The Morgan fingerprint density at radius 1 is 1.24 bits per heavy atom. The first-order valence-corrected chi connectivity index (χ1v) is 8.11. The molecule has 0 aromatic heterocycles. The predicted molar refractivity (Wildman–Crippen MR) is 94.6 cm³/mol. The molecule has 2 aromatic carbocycles. The maximum atomic E-state index is 12.3. The second-order valence-electron chi connectivity index (χ2n) is 4.94. The first-order valence-electron chi connectivity index (χ1n) is 7.31. The average Bonchev–Trinajstić information content (AvgIpc) is 2.59. The lowest BCUT2D eigenvalue weighted by atomic mass is 10.2. The lowest BCUT2D eigenvalue weighted by Crippen LogP contribution is -2.20. The van der Waals surface area contributed by atoms with Gasteiger partial charge in [-0.05, 0) is 35.4 Å². The van der Waals surface area contributed by atoms with Crippen molar-refractivity contribution in [3.8, 4) is 11.5 Å². The summed E-state index contributed by atoms with van der Waals surface area (Å²) in [7, 11) is 1.36. The first-order chi connectivity index (χ1) is 12.0. The monoisotopic (exact) mass is 411 g/mol. The van der Waals surface area contributed by atoms with Gasteiger partial charge in [-0.2, -0.15) is 8.78 Å². The number of hydrogen-bond donors (Lipinski definition) is 1. The highest BCUT2D eigenvalue weighted by molar-refractivity contribution is 9.10. The molecule has 25 heavy (non-hydrogen) atoms. The highest BCUT2D eigenvalue weighted by atomic mass is 79.9. The smallest absolute Gasteiger partial charge is 0.387 e. The van der Waals surface area contributed by atoms with Crippen molar-refractivity contribution in [3.63, 3.8) is 0 Å². The van der Waals surface area contributed by atoms with Gasteiger partial charge in [-0.25, -0.2) is 0 Å². The fraction of sp³-hybridized carbons (Fsp3) is 0.167. The molecule has 0 unspecified atom stereocenters. The van der Waals surface area contributed by atoms with E-state index >= 15 is 0 Å². The van der Waals surface area contributed by atoms with Gasteiger partial charge < -0.3 is 14.8 Å². The van der Waals surface area contributed by atoms with Gasteiger partial charge in [0.15, 0.2) is 11.5 Å². The highest BCUT2D eigenvalue weighted by Crippen LogP contribution is 2.29. The van der Waals surface area contributed by atoms with Crippen LogP contribution in [-0.2, 0) is 11.3 Å². The average molecular weight is 412 g/mol. The molecule has 4 nitrogen and oxygen atoms in total. The molecule has 0 saturated heterocycles. The van der Waals surface area contributed by atoms with E-state index in [1.54, 1.807) is 12.1 Å². The van der Waals surface area contributed by atoms with Crippen molar-refractivity contribution in [2.24, 2.45) is 0 Å². The molecule has 2 aromatic rings. The quantitative estimate of drug-likeness (QED) is 0.687. The second-order valence-corrected chi connectivity index (χ2v) is 5.79. The van der Waals surface area contributed by atoms with Crippen molar-refractivity contribution in [2.45, 2.75) is 13.2 Å². The van der Waals surface area contributed by atoms with Gasteiger partial charge in [-0.15, -0.1) is 0 Å². The lowest BCUT2D eigenvalue weighted by molar-refractivity contribution is -0.116. The minimum Gasteiger partial charge on any atom is -0.493 e. The summed E-state index contributed by atoms with van der Waals surface area (Å²) in [4.78, 5) is 11.9. The number of hydrogen-bond acceptors (Lipinski definition) is 3. The van der Waals surface area contributed by atoms with Crippen LogP contribution < -0.4 is 14.8 Å². The van der Waals surface area contributed by atoms with Gasteiger partial charge in [-0.1, -0.05) is 40.2 Å². The molecule has 0 fully saturated rings. The molecular formula is C18H16BrF2NO3. The van der Waals surface area contributed by atoms with E-state index in [4.69, 9.17) is 4.74 Å². The first kappa shape index (κ1) is 18.9. The summed E-state index contributed by atoms with van der Waals surface area (Å²) < 4.78 is 34.9. The number of ether oxygens (including phenoxy) is 2. The van der Waals surface area contributed by atoms with Crippen LogP contribution in [0.2, 0.25) is 0 Å². The third-order valence-corrected chi connectivity index (χ3v) is 3.95. The second kappa shape index (κ2) is 9.17. The summed E-state index contributed by atoms with van der Waals surface area (Å²) in [6.07, 6.45) is 3.12. The number of amides is 1. The highest BCUT2D eigenvalue weighted by Gasteiger charge is 2.11. The maximum Gasteiger partial charge on any atom is 0.387 e. The molecule has 0 aliphatic heterocycles. The topological polar surface area (TPSA) is 47.6 Å². The number of benzene rings is 2. The zero-order valence-electron chi connectivity index (χ0n) is 13.3. The van der Waals surface area contributed by atoms with Crippen molar-refractivity contribution in [1.29, 1.82) is 0 Å². The van der Waals surface area contributed by atoms with Crippen molar-refractivity contribution >= 4 is 27.9 Å². The van der Waals surface area contributed by atoms with Gasteiger partial charge in [-0.3, -0.25) is 4.79 Å². The number of alkyl halides is 2. The molecule has 0 spiro atoms. The molecule has 0 aliphatic carbocycles. The van der Waals surface area contributed by atoms with Crippen molar-refractivity contribution < 1.29 is 23.0 Å². The van der Waals surface area contributed by atoms with E-state index in [0.29, 0.717) is 5.56 Å². The SMILES string of the molecule is COc1cc(CNC(=O)/C=C/c2ccccc2Br)ccc1OC(F)F. The van der Waals surface area contributed by atoms with Crippen LogP contribution in [0, 0.1) is 0 Å². The van der Waals surface area contributed by atoms with E-state index in [1.165, 1.54) is 25.3 Å². The summed E-state index contributed by atoms with van der Waals surface area (Å²) in [6.45, 7) is -2.70. The fourth-order valence-corrected chi connectivity index (χ4v) is 2.46. The summed E-state index contributed by atoms with van der Waals surface area (Å²) in [5, 5.41) is 2.71. The van der Waals surface area contributed by atoms with Crippen LogP contribution in [0.15, 0.2) is 53.0 Å². The predicted octanol–water partition coefficient (Wildman–Crippen LogP) is 4.39. The Morgan fingerprint density at radius 3 is 2.68 bits per heavy atom. The molecule has 0 atom stereocenters. The molecule has 0 bridgehead atoms. The normalized spacial score (nSPS) is 10.9. The molecule has 0 aliphatic rings. The van der Waals surface area contributed by atoms with Gasteiger partial charge in [0, 0.05) is 17.1 Å². The Balaban J connectivity index is 1.96. The van der Waals surface area contributed by atoms with E-state index in [0.717, 1.165) is 10.0 Å². The van der Waals surface area contributed by atoms with Crippen molar-refractivity contribution in [1.82, 2.24) is 5.32 Å². The third-order valence-electron chi connectivity index (χ3n) is 3.23. The number of carbonyl (C=O) groups is 1. The largest absolute Gasteiger partial charge is 0.493 e. The molecule has 0 heterocycles. The van der Waals surface area contributed by atoms with Gasteiger partial charge in [0.2, 0.25) is 5.91 Å². The molecule has 0 saturated carbocycles. The van der Waals surface area contributed by atoms with Crippen LogP contribution in [0.4, 0.5) is 8.78 Å². The summed E-state index contributed by atoms with van der Waals surface area (Å²) in [5.74, 6) is -0.153. The Kier molecular flexibility index (Phi) is 6.94.